The van der Waals surface area contributed by atoms with Crippen LogP contribution in [0.4, 0.5) is 4.79 Å². The number of aliphatic carboxylic acids is 1. The van der Waals surface area contributed by atoms with Crippen molar-refractivity contribution in [2.45, 2.75) is 45.8 Å². The Morgan fingerprint density at radius 2 is 1.94 bits per heavy atom. The zero-order valence-corrected chi connectivity index (χ0v) is 10.8. The molecule has 2 atom stereocenters. The summed E-state index contributed by atoms with van der Waals surface area (Å²) in [4.78, 5) is 20.2. The predicted octanol–water partition coefficient (Wildman–Crippen LogP) is 2.18. The van der Waals surface area contributed by atoms with Crippen LogP contribution < -0.4 is 5.32 Å². The van der Waals surface area contributed by atoms with Gasteiger partial charge in [0.2, 0.25) is 0 Å². The molecule has 0 aromatic carbocycles. The second-order valence-electron chi connectivity index (χ2n) is 4.91. The van der Waals surface area contributed by atoms with E-state index in [1.807, 2.05) is 26.8 Å². The van der Waals surface area contributed by atoms with Gasteiger partial charge in [0, 0.05) is 13.0 Å². The number of amides is 1. The molecule has 1 rings (SSSR count). The number of carboxylic acid groups (broad SMARTS) is 1. The molecule has 0 aliphatic heterocycles. The van der Waals surface area contributed by atoms with Crippen molar-refractivity contribution >= 4 is 12.1 Å². The number of rotatable bonds is 2. The highest BCUT2D eigenvalue weighted by Gasteiger charge is 2.36. The van der Waals surface area contributed by atoms with Crippen LogP contribution in [-0.4, -0.2) is 28.8 Å². The maximum absolute atomic E-state index is 11.2. The van der Waals surface area contributed by atoms with Gasteiger partial charge in [-0.15, -0.1) is 6.58 Å². The van der Waals surface area contributed by atoms with Gasteiger partial charge in [-0.05, 0) is 33.1 Å². The third-order valence-corrected chi connectivity index (χ3v) is 1.84. The molecule has 1 aliphatic carbocycles. The van der Waals surface area contributed by atoms with Crippen LogP contribution in [0.3, 0.4) is 0 Å². The fraction of sp³-hybridized carbons (Fsp3) is 0.667. The lowest BCUT2D eigenvalue weighted by Gasteiger charge is -2.19. The predicted molar refractivity (Wildman–Crippen MR) is 64.8 cm³/mol. The number of hydrogen-bond donors (Lipinski definition) is 2. The Bertz CT molecular complexity index is 289. The molecule has 1 saturated carbocycles. The molecule has 0 bridgehead atoms. The molecule has 0 aromatic heterocycles. The first-order valence-electron chi connectivity index (χ1n) is 5.47. The summed E-state index contributed by atoms with van der Waals surface area (Å²) in [5, 5.41) is 10.2. The Labute approximate surface area is 102 Å². The van der Waals surface area contributed by atoms with Gasteiger partial charge in [0.05, 0.1) is 0 Å². The highest BCUT2D eigenvalue weighted by atomic mass is 16.6. The Balaban J connectivity index is 0.000000557. The molecule has 0 heterocycles. The minimum Gasteiger partial charge on any atom is -0.481 e. The first-order valence-corrected chi connectivity index (χ1v) is 5.47. The van der Waals surface area contributed by atoms with Crippen LogP contribution in [0.1, 0.15) is 34.1 Å². The average molecular weight is 243 g/mol. The zero-order chi connectivity index (χ0) is 13.6. The summed E-state index contributed by atoms with van der Waals surface area (Å²) in [5.74, 6) is -0.396. The van der Waals surface area contributed by atoms with Crippen molar-refractivity contribution in [3.05, 3.63) is 12.7 Å². The van der Waals surface area contributed by atoms with Crippen molar-refractivity contribution in [3.8, 4) is 0 Å². The Kier molecular flexibility index (Phi) is 5.71. The highest BCUT2D eigenvalue weighted by Crippen LogP contribution is 2.31. The standard InChI is InChI=1S/C10H17NO2.C2H4O2/c1-5-7-6-8(7)11-9(12)13-10(2,3)4;1-2(3)4/h5,7-8H,1,6H2,2-4H3,(H,11,12);1H3,(H,3,4)/t7-,8-;/m0./s1. The molecular weight excluding hydrogens is 222 g/mol. The molecule has 0 aromatic rings. The number of carbonyl (C=O) groups excluding carboxylic acids is 1. The quantitative estimate of drug-likeness (QED) is 0.729. The van der Waals surface area contributed by atoms with E-state index in [4.69, 9.17) is 14.6 Å². The van der Waals surface area contributed by atoms with E-state index < -0.39 is 11.6 Å². The van der Waals surface area contributed by atoms with Gasteiger partial charge >= 0.3 is 6.09 Å². The molecule has 0 spiro atoms. The van der Waals surface area contributed by atoms with Crippen LogP contribution in [0.2, 0.25) is 0 Å². The molecule has 1 aliphatic rings. The Hall–Kier alpha value is -1.52. The lowest BCUT2D eigenvalue weighted by Crippen LogP contribution is -2.34. The fourth-order valence-electron chi connectivity index (χ4n) is 1.10. The Morgan fingerprint density at radius 1 is 1.47 bits per heavy atom. The van der Waals surface area contributed by atoms with Crippen molar-refractivity contribution < 1.29 is 19.4 Å². The van der Waals surface area contributed by atoms with Gasteiger partial charge in [0.1, 0.15) is 5.60 Å². The van der Waals surface area contributed by atoms with Crippen molar-refractivity contribution in [1.82, 2.24) is 5.32 Å². The number of hydrogen-bond acceptors (Lipinski definition) is 3. The van der Waals surface area contributed by atoms with Gasteiger partial charge in [-0.2, -0.15) is 0 Å². The SMILES string of the molecule is C=C[C@H]1C[C@@H]1NC(=O)OC(C)(C)C.CC(=O)O. The summed E-state index contributed by atoms with van der Waals surface area (Å²) in [6.45, 7) is 10.3. The fourth-order valence-corrected chi connectivity index (χ4v) is 1.10. The summed E-state index contributed by atoms with van der Waals surface area (Å²) in [6, 6.07) is 0.243. The van der Waals surface area contributed by atoms with E-state index in [-0.39, 0.29) is 12.1 Å². The van der Waals surface area contributed by atoms with E-state index in [2.05, 4.69) is 11.9 Å². The van der Waals surface area contributed by atoms with Crippen LogP contribution in [-0.2, 0) is 9.53 Å². The van der Waals surface area contributed by atoms with Gasteiger partial charge in [-0.1, -0.05) is 6.08 Å². The summed E-state index contributed by atoms with van der Waals surface area (Å²) in [5.41, 5.74) is -0.414. The molecular formula is C12H21NO4. The molecule has 17 heavy (non-hydrogen) atoms. The molecule has 98 valence electrons. The molecule has 0 saturated heterocycles. The lowest BCUT2D eigenvalue weighted by atomic mass is 10.2. The van der Waals surface area contributed by atoms with Crippen molar-refractivity contribution in [3.63, 3.8) is 0 Å². The second-order valence-corrected chi connectivity index (χ2v) is 4.91. The van der Waals surface area contributed by atoms with Crippen molar-refractivity contribution in [2.75, 3.05) is 0 Å². The monoisotopic (exact) mass is 243 g/mol. The van der Waals surface area contributed by atoms with Crippen LogP contribution >= 0.6 is 0 Å². The van der Waals surface area contributed by atoms with E-state index in [1.54, 1.807) is 0 Å². The minimum absolute atomic E-state index is 0.243. The van der Waals surface area contributed by atoms with E-state index >= 15 is 0 Å². The molecule has 2 N–H and O–H groups in total. The van der Waals surface area contributed by atoms with Gasteiger partial charge in [0.15, 0.2) is 0 Å². The molecule has 5 heteroatoms. The number of carbonyl (C=O) groups is 2. The summed E-state index contributed by atoms with van der Waals surface area (Å²) in [6.07, 6.45) is 2.52. The molecule has 0 radical (unpaired) electrons. The summed E-state index contributed by atoms with van der Waals surface area (Å²) >= 11 is 0. The summed E-state index contributed by atoms with van der Waals surface area (Å²) in [7, 11) is 0. The van der Waals surface area contributed by atoms with Crippen LogP contribution in [0.15, 0.2) is 12.7 Å². The average Bonchev–Trinajstić information content (AvgIpc) is 2.78. The van der Waals surface area contributed by atoms with Gasteiger partial charge in [0.25, 0.3) is 5.97 Å². The third-order valence-electron chi connectivity index (χ3n) is 1.84. The van der Waals surface area contributed by atoms with Gasteiger partial charge < -0.3 is 15.2 Å². The van der Waals surface area contributed by atoms with E-state index in [9.17, 15) is 4.79 Å². The highest BCUT2D eigenvalue weighted by molar-refractivity contribution is 5.68. The van der Waals surface area contributed by atoms with Crippen molar-refractivity contribution in [1.29, 1.82) is 0 Å². The van der Waals surface area contributed by atoms with Crippen LogP contribution in [0, 0.1) is 5.92 Å². The molecule has 1 fully saturated rings. The maximum Gasteiger partial charge on any atom is 0.407 e. The maximum atomic E-state index is 11.2. The normalized spacial score (nSPS) is 21.6. The number of carboxylic acids is 1. The number of alkyl carbamates (subject to hydrolysis) is 1. The summed E-state index contributed by atoms with van der Waals surface area (Å²) < 4.78 is 5.10. The Morgan fingerprint density at radius 3 is 2.24 bits per heavy atom. The van der Waals surface area contributed by atoms with E-state index in [1.165, 1.54) is 0 Å². The molecule has 0 unspecified atom stereocenters. The van der Waals surface area contributed by atoms with Crippen molar-refractivity contribution in [2.24, 2.45) is 5.92 Å². The van der Waals surface area contributed by atoms with E-state index in [0.29, 0.717) is 5.92 Å². The van der Waals surface area contributed by atoms with Gasteiger partial charge in [-0.3, -0.25) is 4.79 Å². The molecule has 1 amide bonds. The first-order chi connectivity index (χ1) is 7.65. The first kappa shape index (κ1) is 15.5. The molecule has 5 nitrogen and oxygen atoms in total. The second kappa shape index (κ2) is 6.27. The number of nitrogens with one attached hydrogen (secondary N) is 1. The smallest absolute Gasteiger partial charge is 0.407 e. The third kappa shape index (κ3) is 9.41. The lowest BCUT2D eigenvalue weighted by molar-refractivity contribution is -0.134. The largest absolute Gasteiger partial charge is 0.481 e. The topological polar surface area (TPSA) is 75.6 Å². The zero-order valence-electron chi connectivity index (χ0n) is 10.8. The van der Waals surface area contributed by atoms with Gasteiger partial charge in [-0.25, -0.2) is 4.79 Å². The minimum atomic E-state index is -0.833. The number of ether oxygens (including phenoxy) is 1. The van der Waals surface area contributed by atoms with Crippen LogP contribution in [0.5, 0.6) is 0 Å². The van der Waals surface area contributed by atoms with Crippen LogP contribution in [0.25, 0.3) is 0 Å². The van der Waals surface area contributed by atoms with E-state index in [0.717, 1.165) is 13.3 Å².